The van der Waals surface area contributed by atoms with Crippen molar-refractivity contribution in [3.63, 3.8) is 0 Å². The Hall–Kier alpha value is -1.62. The molecule has 0 aliphatic carbocycles. The molecule has 0 radical (unpaired) electrons. The first-order chi connectivity index (χ1) is 10.7. The van der Waals surface area contributed by atoms with Crippen LogP contribution in [-0.2, 0) is 13.0 Å². The highest BCUT2D eigenvalue weighted by molar-refractivity contribution is 7.09. The number of benzene rings is 1. The first kappa shape index (κ1) is 15.3. The summed E-state index contributed by atoms with van der Waals surface area (Å²) in [5.41, 5.74) is 2.07. The van der Waals surface area contributed by atoms with E-state index in [1.165, 1.54) is 5.56 Å². The topological polar surface area (TPSA) is 35.0 Å². The molecule has 0 bridgehead atoms. The molecule has 1 aromatic carbocycles. The van der Waals surface area contributed by atoms with Crippen molar-refractivity contribution in [3.05, 3.63) is 74.4 Å². The van der Waals surface area contributed by atoms with Gasteiger partial charge in [-0.25, -0.2) is 9.97 Å². The molecule has 0 fully saturated rings. The number of hydrogen-bond donors (Lipinski definition) is 0. The van der Waals surface area contributed by atoms with Crippen LogP contribution in [0, 0.1) is 0 Å². The summed E-state index contributed by atoms with van der Waals surface area (Å²) in [6.45, 7) is 0.378. The Labute approximate surface area is 142 Å². The zero-order valence-electron chi connectivity index (χ0n) is 11.5. The molecule has 0 N–H and O–H groups in total. The number of aromatic nitrogens is 2. The third kappa shape index (κ3) is 3.97. The van der Waals surface area contributed by atoms with Crippen molar-refractivity contribution in [2.45, 2.75) is 13.0 Å². The second-order valence-electron chi connectivity index (χ2n) is 4.62. The molecule has 3 nitrogen and oxygen atoms in total. The van der Waals surface area contributed by atoms with Gasteiger partial charge in [-0.2, -0.15) is 0 Å². The number of halogens is 2. The lowest BCUT2D eigenvalue weighted by Gasteiger charge is -2.04. The molecule has 2 aromatic heterocycles. The van der Waals surface area contributed by atoms with Crippen molar-refractivity contribution >= 4 is 34.5 Å². The van der Waals surface area contributed by atoms with E-state index in [1.807, 2.05) is 29.6 Å². The predicted molar refractivity (Wildman–Crippen MR) is 90.0 cm³/mol. The number of thiazole rings is 1. The first-order valence-corrected chi connectivity index (χ1v) is 8.25. The van der Waals surface area contributed by atoms with Gasteiger partial charge < -0.3 is 4.74 Å². The zero-order valence-corrected chi connectivity index (χ0v) is 13.8. The molecule has 0 saturated heterocycles. The van der Waals surface area contributed by atoms with Crippen LogP contribution in [-0.4, -0.2) is 9.97 Å². The minimum absolute atomic E-state index is 0.360. The number of hydrogen-bond acceptors (Lipinski definition) is 4. The van der Waals surface area contributed by atoms with E-state index < -0.39 is 0 Å². The van der Waals surface area contributed by atoms with Crippen LogP contribution in [0.25, 0.3) is 0 Å². The van der Waals surface area contributed by atoms with E-state index in [0.29, 0.717) is 17.5 Å². The van der Waals surface area contributed by atoms with E-state index in [2.05, 4.69) is 9.97 Å². The fourth-order valence-corrected chi connectivity index (χ4v) is 3.02. The largest absolute Gasteiger partial charge is 0.484 e. The van der Waals surface area contributed by atoms with Crippen molar-refractivity contribution < 1.29 is 4.74 Å². The third-order valence-electron chi connectivity index (χ3n) is 2.97. The number of pyridine rings is 1. The Morgan fingerprint density at radius 2 is 1.91 bits per heavy atom. The summed E-state index contributed by atoms with van der Waals surface area (Å²) in [6.07, 6.45) is 2.41. The highest BCUT2D eigenvalue weighted by atomic mass is 35.5. The van der Waals surface area contributed by atoms with Crippen molar-refractivity contribution in [1.29, 1.82) is 0 Å². The standard InChI is InChI=1S/C16H12Cl2N2OS/c17-12-5-3-11(4-6-12)8-15-20-13(10-22-15)9-21-14-2-1-7-19-16(14)18/h1-7,10H,8-9H2. The summed E-state index contributed by atoms with van der Waals surface area (Å²) in [5.74, 6) is 0.566. The number of nitrogens with zero attached hydrogens (tertiary/aromatic N) is 2. The van der Waals surface area contributed by atoms with Gasteiger partial charge in [-0.15, -0.1) is 11.3 Å². The molecule has 0 aliphatic rings. The zero-order chi connectivity index (χ0) is 15.4. The minimum atomic E-state index is 0.360. The van der Waals surface area contributed by atoms with Crippen molar-refractivity contribution in [2.75, 3.05) is 0 Å². The molecule has 0 unspecified atom stereocenters. The Balaban J connectivity index is 1.61. The maximum atomic E-state index is 5.95. The van der Waals surface area contributed by atoms with Crippen LogP contribution in [0.2, 0.25) is 10.2 Å². The molecule has 2 heterocycles. The van der Waals surface area contributed by atoms with Crippen molar-refractivity contribution in [3.8, 4) is 5.75 Å². The second kappa shape index (κ2) is 7.09. The third-order valence-corrected chi connectivity index (χ3v) is 4.40. The Kier molecular flexibility index (Phi) is 4.93. The molecule has 0 aliphatic heterocycles. The van der Waals surface area contributed by atoms with Gasteiger partial charge in [-0.1, -0.05) is 35.3 Å². The summed E-state index contributed by atoms with van der Waals surface area (Å²) in [4.78, 5) is 8.54. The fourth-order valence-electron chi connectivity index (χ4n) is 1.90. The van der Waals surface area contributed by atoms with E-state index >= 15 is 0 Å². The normalized spacial score (nSPS) is 10.6. The molecule has 0 saturated carbocycles. The monoisotopic (exact) mass is 350 g/mol. The van der Waals surface area contributed by atoms with Crippen LogP contribution in [0.15, 0.2) is 48.0 Å². The minimum Gasteiger partial charge on any atom is -0.484 e. The van der Waals surface area contributed by atoms with E-state index in [0.717, 1.165) is 22.1 Å². The lowest BCUT2D eigenvalue weighted by molar-refractivity contribution is 0.301. The molecule has 3 aromatic rings. The lowest BCUT2D eigenvalue weighted by Crippen LogP contribution is -1.97. The van der Waals surface area contributed by atoms with Gasteiger partial charge in [0.1, 0.15) is 6.61 Å². The molecule has 0 atom stereocenters. The summed E-state index contributed by atoms with van der Waals surface area (Å²) in [5, 5.41) is 4.14. The maximum Gasteiger partial charge on any atom is 0.171 e. The fraction of sp³-hybridized carbons (Fsp3) is 0.125. The molecule has 112 valence electrons. The highest BCUT2D eigenvalue weighted by Crippen LogP contribution is 2.22. The predicted octanol–water partition coefficient (Wildman–Crippen LogP) is 5.01. The van der Waals surface area contributed by atoms with E-state index in [1.54, 1.807) is 29.7 Å². The van der Waals surface area contributed by atoms with E-state index in [4.69, 9.17) is 27.9 Å². The van der Waals surface area contributed by atoms with Gasteiger partial charge in [0.25, 0.3) is 0 Å². The SMILES string of the molecule is Clc1ccc(Cc2nc(COc3cccnc3Cl)cs2)cc1. The Morgan fingerprint density at radius 3 is 2.68 bits per heavy atom. The van der Waals surface area contributed by atoms with Crippen LogP contribution < -0.4 is 4.74 Å². The summed E-state index contributed by atoms with van der Waals surface area (Å²) < 4.78 is 5.63. The first-order valence-electron chi connectivity index (χ1n) is 6.62. The maximum absolute atomic E-state index is 5.95. The molecule has 0 amide bonds. The Bertz CT molecular complexity index is 759. The number of ether oxygens (including phenoxy) is 1. The second-order valence-corrected chi connectivity index (χ2v) is 6.35. The van der Waals surface area contributed by atoms with E-state index in [-0.39, 0.29) is 0 Å². The average molecular weight is 351 g/mol. The number of rotatable bonds is 5. The summed E-state index contributed by atoms with van der Waals surface area (Å²) >= 11 is 13.5. The van der Waals surface area contributed by atoms with E-state index in [9.17, 15) is 0 Å². The molecular weight excluding hydrogens is 339 g/mol. The van der Waals surface area contributed by atoms with Gasteiger partial charge in [-0.05, 0) is 29.8 Å². The van der Waals surface area contributed by atoms with Gasteiger partial charge >= 0.3 is 0 Å². The summed E-state index contributed by atoms with van der Waals surface area (Å²) in [7, 11) is 0. The molecular formula is C16H12Cl2N2OS. The van der Waals surface area contributed by atoms with Crippen LogP contribution in [0.3, 0.4) is 0 Å². The van der Waals surface area contributed by atoms with Gasteiger partial charge in [0.15, 0.2) is 10.9 Å². The highest BCUT2D eigenvalue weighted by Gasteiger charge is 2.06. The molecule has 0 spiro atoms. The van der Waals surface area contributed by atoms with Crippen molar-refractivity contribution in [2.24, 2.45) is 0 Å². The molecule has 6 heteroatoms. The van der Waals surface area contributed by atoms with Gasteiger partial charge in [-0.3, -0.25) is 0 Å². The quantitative estimate of drug-likeness (QED) is 0.606. The molecule has 22 heavy (non-hydrogen) atoms. The average Bonchev–Trinajstić information content (AvgIpc) is 2.96. The van der Waals surface area contributed by atoms with Crippen LogP contribution in [0.1, 0.15) is 16.3 Å². The van der Waals surface area contributed by atoms with Crippen LogP contribution >= 0.6 is 34.5 Å². The lowest BCUT2D eigenvalue weighted by atomic mass is 10.2. The van der Waals surface area contributed by atoms with Crippen molar-refractivity contribution in [1.82, 2.24) is 9.97 Å². The van der Waals surface area contributed by atoms with Crippen LogP contribution in [0.4, 0.5) is 0 Å². The van der Waals surface area contributed by atoms with Gasteiger partial charge in [0.05, 0.1) is 10.7 Å². The van der Waals surface area contributed by atoms with Crippen LogP contribution in [0.5, 0.6) is 5.75 Å². The van der Waals surface area contributed by atoms with Gasteiger partial charge in [0, 0.05) is 23.0 Å². The summed E-state index contributed by atoms with van der Waals surface area (Å²) in [6, 6.07) is 11.4. The molecule has 3 rings (SSSR count). The van der Waals surface area contributed by atoms with Gasteiger partial charge in [0.2, 0.25) is 0 Å². The Morgan fingerprint density at radius 1 is 1.09 bits per heavy atom. The smallest absolute Gasteiger partial charge is 0.171 e.